The van der Waals surface area contributed by atoms with E-state index in [1.165, 1.54) is 38.5 Å². The summed E-state index contributed by atoms with van der Waals surface area (Å²) >= 11 is 0. The molecule has 116 valence electrons. The maximum absolute atomic E-state index is 4.34. The Bertz CT molecular complexity index is 564. The lowest BCUT2D eigenvalue weighted by Gasteiger charge is -2.17. The molecule has 5 heteroatoms. The summed E-state index contributed by atoms with van der Waals surface area (Å²) in [5, 5.41) is 6.85. The molecule has 0 aromatic carbocycles. The average molecular weight is 297 g/mol. The summed E-state index contributed by atoms with van der Waals surface area (Å²) in [4.78, 5) is 12.9. The Morgan fingerprint density at radius 1 is 0.955 bits per heavy atom. The number of hydrogen-bond acceptors (Lipinski definition) is 5. The van der Waals surface area contributed by atoms with Crippen LogP contribution in [0.3, 0.4) is 0 Å². The standard InChI is InChI=1S/C17H23N5/c1-2-4-8-14(7-3-1)22-17-11-16(20-13-21-17)19-12-15-9-5-6-10-18-15/h5-6,9-11,13-14H,1-4,7-8,12H2,(H2,19,20,21,22). The van der Waals surface area contributed by atoms with Crippen LogP contribution in [0.2, 0.25) is 0 Å². The summed E-state index contributed by atoms with van der Waals surface area (Å²) in [5.41, 5.74) is 0.999. The van der Waals surface area contributed by atoms with Crippen molar-refractivity contribution in [1.82, 2.24) is 15.0 Å². The van der Waals surface area contributed by atoms with Gasteiger partial charge >= 0.3 is 0 Å². The summed E-state index contributed by atoms with van der Waals surface area (Å²) < 4.78 is 0. The highest BCUT2D eigenvalue weighted by Gasteiger charge is 2.12. The van der Waals surface area contributed by atoms with Crippen molar-refractivity contribution >= 4 is 11.6 Å². The molecule has 0 atom stereocenters. The van der Waals surface area contributed by atoms with Crippen molar-refractivity contribution in [2.75, 3.05) is 10.6 Å². The number of pyridine rings is 1. The van der Waals surface area contributed by atoms with E-state index in [1.54, 1.807) is 12.5 Å². The van der Waals surface area contributed by atoms with E-state index in [4.69, 9.17) is 0 Å². The highest BCUT2D eigenvalue weighted by Crippen LogP contribution is 2.21. The van der Waals surface area contributed by atoms with Crippen LogP contribution in [-0.4, -0.2) is 21.0 Å². The van der Waals surface area contributed by atoms with Gasteiger partial charge in [0.25, 0.3) is 0 Å². The van der Waals surface area contributed by atoms with Crippen LogP contribution in [-0.2, 0) is 6.54 Å². The highest BCUT2D eigenvalue weighted by molar-refractivity contribution is 5.47. The first-order chi connectivity index (χ1) is 10.9. The van der Waals surface area contributed by atoms with Crippen LogP contribution >= 0.6 is 0 Å². The number of hydrogen-bond donors (Lipinski definition) is 2. The van der Waals surface area contributed by atoms with E-state index >= 15 is 0 Å². The normalized spacial score (nSPS) is 16.0. The van der Waals surface area contributed by atoms with E-state index in [1.807, 2.05) is 24.3 Å². The zero-order valence-corrected chi connectivity index (χ0v) is 12.8. The number of nitrogens with one attached hydrogen (secondary N) is 2. The lowest BCUT2D eigenvalue weighted by atomic mass is 10.1. The number of anilines is 2. The minimum atomic E-state index is 0.543. The van der Waals surface area contributed by atoms with Crippen molar-refractivity contribution in [2.45, 2.75) is 51.1 Å². The minimum absolute atomic E-state index is 0.543. The third kappa shape index (κ3) is 4.41. The Balaban J connectivity index is 1.57. The van der Waals surface area contributed by atoms with E-state index in [0.29, 0.717) is 12.6 Å². The van der Waals surface area contributed by atoms with Gasteiger partial charge in [-0.05, 0) is 25.0 Å². The molecule has 1 saturated carbocycles. The van der Waals surface area contributed by atoms with E-state index in [9.17, 15) is 0 Å². The van der Waals surface area contributed by atoms with Crippen LogP contribution in [0.1, 0.15) is 44.2 Å². The average Bonchev–Trinajstić information content (AvgIpc) is 2.83. The van der Waals surface area contributed by atoms with Gasteiger partial charge in [0.15, 0.2) is 0 Å². The molecule has 1 fully saturated rings. The topological polar surface area (TPSA) is 62.7 Å². The van der Waals surface area contributed by atoms with Gasteiger partial charge in [0, 0.05) is 18.3 Å². The summed E-state index contributed by atoms with van der Waals surface area (Å²) in [6, 6.07) is 8.43. The molecule has 0 radical (unpaired) electrons. The highest BCUT2D eigenvalue weighted by atomic mass is 15.1. The molecule has 0 unspecified atom stereocenters. The van der Waals surface area contributed by atoms with Gasteiger partial charge in [-0.3, -0.25) is 4.98 Å². The van der Waals surface area contributed by atoms with Crippen LogP contribution in [0.15, 0.2) is 36.8 Å². The third-order valence-electron chi connectivity index (χ3n) is 4.05. The van der Waals surface area contributed by atoms with Crippen molar-refractivity contribution in [3.05, 3.63) is 42.5 Å². The van der Waals surface area contributed by atoms with Crippen LogP contribution in [0.5, 0.6) is 0 Å². The molecule has 1 aliphatic carbocycles. The van der Waals surface area contributed by atoms with Gasteiger partial charge in [-0.2, -0.15) is 0 Å². The molecular weight excluding hydrogens is 274 g/mol. The van der Waals surface area contributed by atoms with Gasteiger partial charge in [0.1, 0.15) is 18.0 Å². The number of aromatic nitrogens is 3. The largest absolute Gasteiger partial charge is 0.367 e. The molecule has 0 spiro atoms. The summed E-state index contributed by atoms with van der Waals surface area (Å²) in [6.45, 7) is 0.667. The van der Waals surface area contributed by atoms with Gasteiger partial charge in [-0.15, -0.1) is 0 Å². The molecule has 2 N–H and O–H groups in total. The molecular formula is C17H23N5. The number of rotatable bonds is 5. The fourth-order valence-corrected chi connectivity index (χ4v) is 2.85. The Kier molecular flexibility index (Phi) is 5.18. The number of nitrogens with zero attached hydrogens (tertiary/aromatic N) is 3. The lowest BCUT2D eigenvalue weighted by Crippen LogP contribution is -2.19. The maximum atomic E-state index is 4.34. The first-order valence-electron chi connectivity index (χ1n) is 8.12. The van der Waals surface area contributed by atoms with E-state index < -0.39 is 0 Å². The van der Waals surface area contributed by atoms with E-state index in [-0.39, 0.29) is 0 Å². The van der Waals surface area contributed by atoms with Crippen molar-refractivity contribution in [2.24, 2.45) is 0 Å². The van der Waals surface area contributed by atoms with Gasteiger partial charge in [0.2, 0.25) is 0 Å². The fraction of sp³-hybridized carbons (Fsp3) is 0.471. The predicted octanol–water partition coefficient (Wildman–Crippen LogP) is 3.62. The molecule has 22 heavy (non-hydrogen) atoms. The van der Waals surface area contributed by atoms with Gasteiger partial charge < -0.3 is 10.6 Å². The van der Waals surface area contributed by atoms with Crippen LogP contribution < -0.4 is 10.6 Å². The first-order valence-corrected chi connectivity index (χ1v) is 8.12. The van der Waals surface area contributed by atoms with Gasteiger partial charge in [0.05, 0.1) is 12.2 Å². The summed E-state index contributed by atoms with van der Waals surface area (Å²) in [7, 11) is 0. The summed E-state index contributed by atoms with van der Waals surface area (Å²) in [6.07, 6.45) is 11.2. The monoisotopic (exact) mass is 297 g/mol. The molecule has 2 aromatic heterocycles. The quantitative estimate of drug-likeness (QED) is 0.825. The SMILES string of the molecule is c1ccc(CNc2cc(NC3CCCCCC3)ncn2)nc1. The van der Waals surface area contributed by atoms with Crippen molar-refractivity contribution in [3.8, 4) is 0 Å². The van der Waals surface area contributed by atoms with E-state index in [0.717, 1.165) is 17.3 Å². The van der Waals surface area contributed by atoms with Crippen LogP contribution in [0, 0.1) is 0 Å². The van der Waals surface area contributed by atoms with Gasteiger partial charge in [-0.1, -0.05) is 31.7 Å². The smallest absolute Gasteiger partial charge is 0.131 e. The molecule has 0 saturated heterocycles. The maximum Gasteiger partial charge on any atom is 0.131 e. The van der Waals surface area contributed by atoms with Crippen LogP contribution in [0.25, 0.3) is 0 Å². The zero-order chi connectivity index (χ0) is 15.0. The summed E-state index contributed by atoms with van der Waals surface area (Å²) in [5.74, 6) is 1.74. The van der Waals surface area contributed by atoms with E-state index in [2.05, 4.69) is 25.6 Å². The molecule has 5 nitrogen and oxygen atoms in total. The molecule has 1 aliphatic rings. The van der Waals surface area contributed by atoms with Gasteiger partial charge in [-0.25, -0.2) is 9.97 Å². The molecule has 0 aliphatic heterocycles. The second-order valence-electron chi connectivity index (χ2n) is 5.80. The zero-order valence-electron chi connectivity index (χ0n) is 12.8. The Hall–Kier alpha value is -2.17. The second kappa shape index (κ2) is 7.73. The molecule has 3 rings (SSSR count). The Morgan fingerprint density at radius 2 is 1.77 bits per heavy atom. The molecule has 0 amide bonds. The lowest BCUT2D eigenvalue weighted by molar-refractivity contribution is 0.617. The Labute approximate surface area is 131 Å². The second-order valence-corrected chi connectivity index (χ2v) is 5.80. The molecule has 0 bridgehead atoms. The third-order valence-corrected chi connectivity index (χ3v) is 4.05. The Morgan fingerprint density at radius 3 is 2.55 bits per heavy atom. The van der Waals surface area contributed by atoms with Crippen molar-refractivity contribution in [3.63, 3.8) is 0 Å². The fourth-order valence-electron chi connectivity index (χ4n) is 2.85. The molecule has 2 heterocycles. The molecule has 2 aromatic rings. The van der Waals surface area contributed by atoms with Crippen molar-refractivity contribution < 1.29 is 0 Å². The van der Waals surface area contributed by atoms with Crippen molar-refractivity contribution in [1.29, 1.82) is 0 Å². The van der Waals surface area contributed by atoms with Crippen LogP contribution in [0.4, 0.5) is 11.6 Å². The predicted molar refractivity (Wildman–Crippen MR) is 88.7 cm³/mol. The minimum Gasteiger partial charge on any atom is -0.367 e. The first kappa shape index (κ1) is 14.8.